The van der Waals surface area contributed by atoms with Gasteiger partial charge in [0.1, 0.15) is 0 Å². The fourth-order valence-corrected chi connectivity index (χ4v) is 3.63. The molecule has 0 atom stereocenters. The molecule has 118 valence electrons. The van der Waals surface area contributed by atoms with Crippen LogP contribution in [-0.4, -0.2) is 68.9 Å². The first-order chi connectivity index (χ1) is 10.2. The molecule has 1 saturated heterocycles. The Morgan fingerprint density at radius 3 is 2.57 bits per heavy atom. The summed E-state index contributed by atoms with van der Waals surface area (Å²) in [6, 6.07) is 8.76. The number of rotatable bonds is 7. The first-order valence-electron chi connectivity index (χ1n) is 8.04. The van der Waals surface area contributed by atoms with Crippen molar-refractivity contribution in [3.05, 3.63) is 24.3 Å². The molecular formula is C17H29N3S. The minimum absolute atomic E-state index is 1.13. The summed E-state index contributed by atoms with van der Waals surface area (Å²) < 4.78 is 0. The van der Waals surface area contributed by atoms with E-state index in [1.165, 1.54) is 49.7 Å². The van der Waals surface area contributed by atoms with Gasteiger partial charge in [0.25, 0.3) is 0 Å². The van der Waals surface area contributed by atoms with E-state index in [0.717, 1.165) is 12.3 Å². The van der Waals surface area contributed by atoms with Gasteiger partial charge in [-0.05, 0) is 37.9 Å². The van der Waals surface area contributed by atoms with Gasteiger partial charge in [-0.25, -0.2) is 0 Å². The van der Waals surface area contributed by atoms with E-state index in [1.807, 2.05) is 11.8 Å². The molecule has 2 rings (SSSR count). The Bertz CT molecular complexity index is 416. The summed E-state index contributed by atoms with van der Waals surface area (Å²) in [4.78, 5) is 8.83. The van der Waals surface area contributed by atoms with E-state index in [0.29, 0.717) is 0 Å². The molecule has 1 aromatic carbocycles. The number of hydrogen-bond donors (Lipinski definition) is 0. The number of para-hydroxylation sites is 1. The van der Waals surface area contributed by atoms with E-state index in [9.17, 15) is 0 Å². The van der Waals surface area contributed by atoms with E-state index in [4.69, 9.17) is 0 Å². The minimum atomic E-state index is 1.13. The van der Waals surface area contributed by atoms with Crippen LogP contribution in [0.25, 0.3) is 0 Å². The third-order valence-corrected chi connectivity index (χ3v) is 5.09. The summed E-state index contributed by atoms with van der Waals surface area (Å²) in [5.41, 5.74) is 1.38. The van der Waals surface area contributed by atoms with Gasteiger partial charge in [-0.15, -0.1) is 11.8 Å². The van der Waals surface area contributed by atoms with Crippen molar-refractivity contribution in [3.63, 3.8) is 0 Å². The van der Waals surface area contributed by atoms with E-state index >= 15 is 0 Å². The van der Waals surface area contributed by atoms with Crippen molar-refractivity contribution in [1.82, 2.24) is 9.80 Å². The molecule has 0 bridgehead atoms. The van der Waals surface area contributed by atoms with Crippen molar-refractivity contribution in [2.24, 2.45) is 0 Å². The number of likely N-dealkylation sites (N-methyl/N-ethyl adjacent to an activating group) is 1. The number of nitrogens with zero attached hydrogens (tertiary/aromatic N) is 3. The summed E-state index contributed by atoms with van der Waals surface area (Å²) in [5, 5.41) is 0. The third-order valence-electron chi connectivity index (χ3n) is 4.14. The molecule has 1 heterocycles. The minimum Gasteiger partial charge on any atom is -0.374 e. The highest BCUT2D eigenvalue weighted by Gasteiger charge is 2.13. The molecule has 0 spiro atoms. The highest BCUT2D eigenvalue weighted by molar-refractivity contribution is 7.99. The van der Waals surface area contributed by atoms with Crippen molar-refractivity contribution in [1.29, 1.82) is 0 Å². The SMILES string of the molecule is CCSc1ccccc1N(C)CCCN1CCN(C)CC1. The zero-order valence-electron chi connectivity index (χ0n) is 13.7. The zero-order valence-corrected chi connectivity index (χ0v) is 14.5. The van der Waals surface area contributed by atoms with Crippen LogP contribution in [0.5, 0.6) is 0 Å². The lowest BCUT2D eigenvalue weighted by atomic mass is 10.2. The van der Waals surface area contributed by atoms with Gasteiger partial charge in [0.2, 0.25) is 0 Å². The third kappa shape index (κ3) is 5.20. The normalized spacial score (nSPS) is 17.1. The summed E-state index contributed by atoms with van der Waals surface area (Å²) >= 11 is 1.93. The standard InChI is InChI=1S/C17H29N3S/c1-4-21-17-9-6-5-8-16(17)19(3)10-7-11-20-14-12-18(2)13-15-20/h5-6,8-9H,4,7,10-15H2,1-3H3. The Morgan fingerprint density at radius 2 is 1.86 bits per heavy atom. The smallest absolute Gasteiger partial charge is 0.0501 e. The maximum atomic E-state index is 2.60. The number of anilines is 1. The lowest BCUT2D eigenvalue weighted by molar-refractivity contribution is 0.153. The van der Waals surface area contributed by atoms with Gasteiger partial charge in [-0.3, -0.25) is 0 Å². The maximum absolute atomic E-state index is 2.60. The average Bonchev–Trinajstić information content (AvgIpc) is 2.50. The summed E-state index contributed by atoms with van der Waals surface area (Å²) in [7, 11) is 4.44. The van der Waals surface area contributed by atoms with Crippen molar-refractivity contribution < 1.29 is 0 Å². The van der Waals surface area contributed by atoms with Crippen LogP contribution in [0.3, 0.4) is 0 Å². The Labute approximate surface area is 134 Å². The van der Waals surface area contributed by atoms with Crippen molar-refractivity contribution in [2.45, 2.75) is 18.2 Å². The van der Waals surface area contributed by atoms with Gasteiger partial charge in [-0.1, -0.05) is 19.1 Å². The number of benzene rings is 1. The lowest BCUT2D eigenvalue weighted by Gasteiger charge is -2.33. The van der Waals surface area contributed by atoms with Gasteiger partial charge in [0.05, 0.1) is 5.69 Å². The molecule has 0 amide bonds. The lowest BCUT2D eigenvalue weighted by Crippen LogP contribution is -2.45. The second-order valence-corrected chi connectivity index (χ2v) is 7.13. The molecule has 1 aliphatic rings. The molecule has 0 N–H and O–H groups in total. The molecule has 0 aliphatic carbocycles. The second-order valence-electron chi connectivity index (χ2n) is 5.82. The summed E-state index contributed by atoms with van der Waals surface area (Å²) in [5.74, 6) is 1.13. The Morgan fingerprint density at radius 1 is 1.14 bits per heavy atom. The van der Waals surface area contributed by atoms with Crippen LogP contribution in [0.2, 0.25) is 0 Å². The Kier molecular flexibility index (Phi) is 6.87. The molecule has 0 radical (unpaired) electrons. The van der Waals surface area contributed by atoms with E-state index < -0.39 is 0 Å². The average molecular weight is 308 g/mol. The van der Waals surface area contributed by atoms with Crippen LogP contribution in [-0.2, 0) is 0 Å². The van der Waals surface area contributed by atoms with Crippen LogP contribution in [0.4, 0.5) is 5.69 Å². The van der Waals surface area contributed by atoms with Crippen LogP contribution in [0.1, 0.15) is 13.3 Å². The van der Waals surface area contributed by atoms with Crippen LogP contribution < -0.4 is 4.90 Å². The molecule has 0 unspecified atom stereocenters. The van der Waals surface area contributed by atoms with Crippen molar-refractivity contribution in [3.8, 4) is 0 Å². The fourth-order valence-electron chi connectivity index (χ4n) is 2.77. The second kappa shape index (κ2) is 8.66. The highest BCUT2D eigenvalue weighted by Crippen LogP contribution is 2.29. The molecular weight excluding hydrogens is 278 g/mol. The molecule has 1 fully saturated rings. The Hall–Kier alpha value is -0.710. The van der Waals surface area contributed by atoms with E-state index in [2.05, 4.69) is 60.0 Å². The monoisotopic (exact) mass is 307 g/mol. The molecule has 1 aliphatic heterocycles. The van der Waals surface area contributed by atoms with Gasteiger partial charge < -0.3 is 14.7 Å². The number of hydrogen-bond acceptors (Lipinski definition) is 4. The summed E-state index contributed by atoms with van der Waals surface area (Å²) in [6.07, 6.45) is 1.24. The Balaban J connectivity index is 1.78. The van der Waals surface area contributed by atoms with Gasteiger partial charge >= 0.3 is 0 Å². The first kappa shape index (κ1) is 16.7. The largest absolute Gasteiger partial charge is 0.374 e. The predicted molar refractivity (Wildman–Crippen MR) is 94.7 cm³/mol. The van der Waals surface area contributed by atoms with Crippen LogP contribution >= 0.6 is 11.8 Å². The molecule has 1 aromatic rings. The van der Waals surface area contributed by atoms with Crippen LogP contribution in [0, 0.1) is 0 Å². The first-order valence-corrected chi connectivity index (χ1v) is 9.03. The topological polar surface area (TPSA) is 9.72 Å². The zero-order chi connectivity index (χ0) is 15.1. The number of thioether (sulfide) groups is 1. The molecule has 3 nitrogen and oxygen atoms in total. The highest BCUT2D eigenvalue weighted by atomic mass is 32.2. The predicted octanol–water partition coefficient (Wildman–Crippen LogP) is 2.87. The van der Waals surface area contributed by atoms with Gasteiger partial charge in [0, 0.05) is 44.7 Å². The van der Waals surface area contributed by atoms with Crippen LogP contribution in [0.15, 0.2) is 29.2 Å². The van der Waals surface area contributed by atoms with Crippen molar-refractivity contribution in [2.75, 3.05) is 64.0 Å². The summed E-state index contributed by atoms with van der Waals surface area (Å²) in [6.45, 7) is 9.45. The fraction of sp³-hybridized carbons (Fsp3) is 0.647. The number of piperazine rings is 1. The quantitative estimate of drug-likeness (QED) is 0.716. The maximum Gasteiger partial charge on any atom is 0.0501 e. The molecule has 0 aromatic heterocycles. The van der Waals surface area contributed by atoms with Gasteiger partial charge in [0.15, 0.2) is 0 Å². The van der Waals surface area contributed by atoms with E-state index in [1.54, 1.807) is 0 Å². The molecule has 21 heavy (non-hydrogen) atoms. The van der Waals surface area contributed by atoms with Crippen molar-refractivity contribution >= 4 is 17.4 Å². The molecule has 0 saturated carbocycles. The van der Waals surface area contributed by atoms with E-state index in [-0.39, 0.29) is 0 Å². The molecule has 4 heteroatoms. The van der Waals surface area contributed by atoms with Gasteiger partial charge in [-0.2, -0.15) is 0 Å².